The number of carbonyl (C=O) groups excluding carboxylic acids is 2. The van der Waals surface area contributed by atoms with Crippen LogP contribution in [0.4, 0.5) is 11.9 Å². The third-order valence-corrected chi connectivity index (χ3v) is 9.67. The largest absolute Gasteiger partial charge is 0.472 e. The van der Waals surface area contributed by atoms with Crippen LogP contribution in [0.5, 0.6) is 0 Å². The fraction of sp³-hybridized carbons (Fsp3) is 0.312. The number of carbonyl (C=O) groups is 2. The number of benzene rings is 2. The number of nitrogens with zero attached hydrogens (tertiary/aromatic N) is 6. The summed E-state index contributed by atoms with van der Waals surface area (Å²) in [5.74, 6) is -2.49. The first kappa shape index (κ1) is 38.4. The van der Waals surface area contributed by atoms with E-state index in [0.717, 1.165) is 17.2 Å². The number of aromatic amines is 1. The summed E-state index contributed by atoms with van der Waals surface area (Å²) in [6.45, 7) is -1.76. The highest BCUT2D eigenvalue weighted by atomic mass is 31.2. The molecule has 8 N–H and O–H groups in total. The number of aliphatic hydroxyl groups excluding tert-OH is 2. The minimum Gasteiger partial charge on any atom is -0.451 e. The Labute approximate surface area is 313 Å². The molecule has 2 aliphatic rings. The number of imidazole rings is 1. The molecule has 7 rings (SSSR count). The molecule has 3 aromatic heterocycles. The van der Waals surface area contributed by atoms with Crippen molar-refractivity contribution < 1.29 is 57.3 Å². The van der Waals surface area contributed by atoms with Gasteiger partial charge in [0.2, 0.25) is 11.9 Å². The summed E-state index contributed by atoms with van der Waals surface area (Å²) in [5.41, 5.74) is 9.45. The van der Waals surface area contributed by atoms with Crippen molar-refractivity contribution in [3.05, 3.63) is 105 Å². The molecule has 0 spiro atoms. The van der Waals surface area contributed by atoms with Gasteiger partial charge in [0.05, 0.1) is 30.7 Å². The second-order valence-electron chi connectivity index (χ2n) is 12.3. The topological polar surface area (TPSA) is 331 Å². The maximum absolute atomic E-state index is 13.6. The number of phosphoric acid groups is 1. The zero-order valence-electron chi connectivity index (χ0n) is 28.6. The van der Waals surface area contributed by atoms with Gasteiger partial charge < -0.3 is 45.5 Å². The number of aromatic nitrogens is 7. The number of nitrogens with one attached hydrogen (secondary N) is 1. The van der Waals surface area contributed by atoms with Crippen molar-refractivity contribution in [3.63, 3.8) is 0 Å². The maximum Gasteiger partial charge on any atom is 0.472 e. The lowest BCUT2D eigenvalue weighted by atomic mass is 10.1. The van der Waals surface area contributed by atoms with Crippen LogP contribution < -0.4 is 22.7 Å². The molecule has 0 saturated carbocycles. The summed E-state index contributed by atoms with van der Waals surface area (Å²) in [7, 11) is -5.30. The van der Waals surface area contributed by atoms with Crippen LogP contribution in [0.15, 0.2) is 82.9 Å². The Morgan fingerprint density at radius 1 is 0.839 bits per heavy atom. The third kappa shape index (κ3) is 7.78. The monoisotopic (exact) mass is 797 g/mol. The first-order chi connectivity index (χ1) is 26.8. The Morgan fingerprint density at radius 2 is 1.43 bits per heavy atom. The van der Waals surface area contributed by atoms with E-state index in [4.69, 9.17) is 39.5 Å². The van der Waals surface area contributed by atoms with Crippen LogP contribution in [0.2, 0.25) is 0 Å². The molecule has 5 aromatic rings. The number of nitrogen functional groups attached to an aromatic ring is 2. The fourth-order valence-electron chi connectivity index (χ4n) is 6.08. The lowest BCUT2D eigenvalue weighted by molar-refractivity contribution is -0.0645. The molecule has 0 radical (unpaired) electrons. The quantitative estimate of drug-likeness (QED) is 0.0654. The van der Waals surface area contributed by atoms with Gasteiger partial charge in [-0.25, -0.2) is 28.9 Å². The predicted octanol–water partition coefficient (Wildman–Crippen LogP) is -0.963. The van der Waals surface area contributed by atoms with Crippen molar-refractivity contribution in [2.45, 2.75) is 49.1 Å². The second kappa shape index (κ2) is 15.7. The molecule has 23 nitrogen and oxygen atoms in total. The normalized spacial score (nSPS) is 25.8. The highest BCUT2D eigenvalue weighted by Crippen LogP contribution is 2.50. The van der Waals surface area contributed by atoms with Gasteiger partial charge in [0.1, 0.15) is 30.7 Å². The molecule has 2 aromatic carbocycles. The number of rotatable bonds is 12. The average molecular weight is 798 g/mol. The van der Waals surface area contributed by atoms with Crippen molar-refractivity contribution in [2.75, 3.05) is 24.7 Å². The molecule has 0 aliphatic carbocycles. The van der Waals surface area contributed by atoms with Crippen molar-refractivity contribution in [1.29, 1.82) is 0 Å². The molecule has 5 heterocycles. The summed E-state index contributed by atoms with van der Waals surface area (Å²) in [4.78, 5) is 80.2. The van der Waals surface area contributed by atoms with Gasteiger partial charge in [0.15, 0.2) is 35.8 Å². The van der Waals surface area contributed by atoms with Gasteiger partial charge in [0, 0.05) is 0 Å². The molecule has 294 valence electrons. The van der Waals surface area contributed by atoms with Gasteiger partial charge in [-0.05, 0) is 24.3 Å². The summed E-state index contributed by atoms with van der Waals surface area (Å²) in [6.07, 6.45) is -10.7. The highest BCUT2D eigenvalue weighted by molar-refractivity contribution is 7.47. The number of nitrogens with two attached hydrogens (primary N) is 2. The number of ether oxygens (including phenoxy) is 4. The molecule has 2 aliphatic heterocycles. The SMILES string of the molecule is Nc1ncn([C@@H]2O[C@H](COP(=O)(O)O[C@@H]3[C@H](OC(=O)c4ccccc4)[C@H](n4cnc5c(=O)[nH]c(N)nc54)O[C@@H]3CO)[C@H](O)[C@@H]2OC(=O)c2ccccc2)c(=O)n1. The lowest BCUT2D eigenvalue weighted by Gasteiger charge is -2.26. The molecule has 2 fully saturated rings. The number of phosphoric ester groups is 1. The molecular formula is C32H32N9O14P. The number of hydrogen-bond donors (Lipinski definition) is 6. The van der Waals surface area contributed by atoms with Crippen molar-refractivity contribution in [2.24, 2.45) is 0 Å². The van der Waals surface area contributed by atoms with Crippen LogP contribution in [0.3, 0.4) is 0 Å². The molecule has 24 heteroatoms. The Balaban J connectivity index is 1.14. The lowest BCUT2D eigenvalue weighted by Crippen LogP contribution is -2.40. The Morgan fingerprint density at radius 3 is 2.05 bits per heavy atom. The van der Waals surface area contributed by atoms with Crippen molar-refractivity contribution in [3.8, 4) is 0 Å². The summed E-state index contributed by atoms with van der Waals surface area (Å²) < 4.78 is 49.3. The summed E-state index contributed by atoms with van der Waals surface area (Å²) in [5, 5.41) is 21.6. The number of hydrogen-bond acceptors (Lipinski definition) is 19. The first-order valence-electron chi connectivity index (χ1n) is 16.5. The van der Waals surface area contributed by atoms with E-state index in [1.807, 2.05) is 0 Å². The van der Waals surface area contributed by atoms with Crippen LogP contribution >= 0.6 is 7.82 Å². The summed E-state index contributed by atoms with van der Waals surface area (Å²) in [6, 6.07) is 15.4. The molecule has 2 saturated heterocycles. The molecular weight excluding hydrogens is 765 g/mol. The minimum absolute atomic E-state index is 0.0743. The van der Waals surface area contributed by atoms with E-state index in [9.17, 15) is 38.8 Å². The maximum atomic E-state index is 13.6. The third-order valence-electron chi connectivity index (χ3n) is 8.68. The number of anilines is 2. The number of esters is 2. The fourth-order valence-corrected chi connectivity index (χ4v) is 7.04. The zero-order chi connectivity index (χ0) is 39.7. The van der Waals surface area contributed by atoms with Crippen LogP contribution in [-0.4, -0.2) is 111 Å². The standard InChI is InChI=1S/C32H32N9O14P/c33-30-36-14-41(32(47)39-30)26-22(53-28(45)15-7-3-1-4-8-15)20(43)18(52-26)12-50-56(48,49)55-21-17(11-42)51-27(23(21)54-29(46)16-9-5-2-6-10-16)40-13-35-19-24(40)37-31(34)38-25(19)44/h1-10,13-14,17-18,20-23,26-27,42-43H,11-12H2,(H,48,49)(H2,33,39,47)(H3,34,37,38,44)/t17-,18-,20+,21+,22+,23+,26-,27-/m1/s1. The van der Waals surface area contributed by atoms with Gasteiger partial charge in [0.25, 0.3) is 5.56 Å². The van der Waals surface area contributed by atoms with Gasteiger partial charge in [-0.15, -0.1) is 0 Å². The Bertz CT molecular complexity index is 2400. The second-order valence-corrected chi connectivity index (χ2v) is 13.7. The van der Waals surface area contributed by atoms with E-state index in [1.165, 1.54) is 28.8 Å². The van der Waals surface area contributed by atoms with Gasteiger partial charge in [-0.3, -0.25) is 28.0 Å². The molecule has 0 amide bonds. The van der Waals surface area contributed by atoms with Crippen LogP contribution in [-0.2, 0) is 32.6 Å². The summed E-state index contributed by atoms with van der Waals surface area (Å²) >= 11 is 0. The van der Waals surface area contributed by atoms with Crippen molar-refractivity contribution >= 4 is 42.8 Å². The highest BCUT2D eigenvalue weighted by Gasteiger charge is 2.53. The van der Waals surface area contributed by atoms with Gasteiger partial charge >= 0.3 is 25.5 Å². The van der Waals surface area contributed by atoms with Crippen LogP contribution in [0, 0.1) is 0 Å². The smallest absolute Gasteiger partial charge is 0.451 e. The average Bonchev–Trinajstić information content (AvgIpc) is 3.84. The van der Waals surface area contributed by atoms with E-state index in [1.54, 1.807) is 36.4 Å². The van der Waals surface area contributed by atoms with E-state index in [-0.39, 0.29) is 34.2 Å². The zero-order valence-corrected chi connectivity index (χ0v) is 29.5. The predicted molar refractivity (Wildman–Crippen MR) is 186 cm³/mol. The molecule has 1 unspecified atom stereocenters. The molecule has 56 heavy (non-hydrogen) atoms. The van der Waals surface area contributed by atoms with Crippen LogP contribution in [0.1, 0.15) is 33.2 Å². The first-order valence-corrected chi connectivity index (χ1v) is 18.0. The number of H-pyrrole nitrogens is 1. The van der Waals surface area contributed by atoms with E-state index < -0.39 is 93.3 Å². The molecule has 9 atom stereocenters. The molecule has 0 bridgehead atoms. The van der Waals surface area contributed by atoms with E-state index in [0.29, 0.717) is 0 Å². The van der Waals surface area contributed by atoms with Gasteiger partial charge in [-0.1, -0.05) is 36.4 Å². The van der Waals surface area contributed by atoms with Crippen LogP contribution in [0.25, 0.3) is 11.2 Å². The van der Waals surface area contributed by atoms with E-state index in [2.05, 4.69) is 24.9 Å². The number of aliphatic hydroxyl groups is 2. The Hall–Kier alpha value is -5.91. The minimum atomic E-state index is -5.30. The van der Waals surface area contributed by atoms with E-state index >= 15 is 0 Å². The number of fused-ring (bicyclic) bond motifs is 1. The van der Waals surface area contributed by atoms with Gasteiger partial charge in [-0.2, -0.15) is 9.97 Å². The van der Waals surface area contributed by atoms with Crippen molar-refractivity contribution in [1.82, 2.24) is 34.1 Å². The Kier molecular flexibility index (Phi) is 10.7.